The number of aryl methyl sites for hydroxylation is 2. The third-order valence-corrected chi connectivity index (χ3v) is 2.99. The molecule has 2 aromatic rings. The standard InChI is InChI=1S/C15H12F2N2/c1-9-3-5-12(7-10(9)2)19-13-6-4-11(8-18)14(16)15(13)17/h3-7,19H,1-2H3. The summed E-state index contributed by atoms with van der Waals surface area (Å²) in [5.74, 6) is -2.17. The van der Waals surface area contributed by atoms with E-state index in [9.17, 15) is 8.78 Å². The number of nitrogens with one attached hydrogen (secondary N) is 1. The van der Waals surface area contributed by atoms with Gasteiger partial charge in [0.25, 0.3) is 0 Å². The van der Waals surface area contributed by atoms with Gasteiger partial charge in [0.2, 0.25) is 0 Å². The van der Waals surface area contributed by atoms with Crippen molar-refractivity contribution in [3.05, 3.63) is 58.7 Å². The summed E-state index contributed by atoms with van der Waals surface area (Å²) in [6.45, 7) is 3.91. The molecule has 0 radical (unpaired) electrons. The van der Waals surface area contributed by atoms with Crippen molar-refractivity contribution >= 4 is 11.4 Å². The zero-order chi connectivity index (χ0) is 14.0. The topological polar surface area (TPSA) is 35.8 Å². The van der Waals surface area contributed by atoms with Gasteiger partial charge in [0.05, 0.1) is 11.3 Å². The minimum atomic E-state index is -1.13. The molecule has 2 aromatic carbocycles. The second-order valence-electron chi connectivity index (χ2n) is 4.32. The Morgan fingerprint density at radius 2 is 1.74 bits per heavy atom. The van der Waals surface area contributed by atoms with Gasteiger partial charge in [-0.25, -0.2) is 8.78 Å². The molecule has 0 aliphatic carbocycles. The first-order chi connectivity index (χ1) is 9.02. The molecule has 0 heterocycles. The van der Waals surface area contributed by atoms with Crippen molar-refractivity contribution < 1.29 is 8.78 Å². The number of rotatable bonds is 2. The number of halogens is 2. The summed E-state index contributed by atoms with van der Waals surface area (Å²) >= 11 is 0. The molecule has 0 saturated carbocycles. The number of hydrogen-bond acceptors (Lipinski definition) is 2. The predicted molar refractivity (Wildman–Crippen MR) is 70.3 cm³/mol. The van der Waals surface area contributed by atoms with E-state index in [1.807, 2.05) is 26.0 Å². The molecule has 0 bridgehead atoms. The van der Waals surface area contributed by atoms with Crippen LogP contribution < -0.4 is 5.32 Å². The lowest BCUT2D eigenvalue weighted by Gasteiger charge is -2.10. The quantitative estimate of drug-likeness (QED) is 0.876. The van der Waals surface area contributed by atoms with Crippen molar-refractivity contribution in [1.82, 2.24) is 0 Å². The molecule has 0 spiro atoms. The predicted octanol–water partition coefficient (Wildman–Crippen LogP) is 4.20. The maximum atomic E-state index is 13.7. The molecule has 0 fully saturated rings. The van der Waals surface area contributed by atoms with Crippen LogP contribution in [0.15, 0.2) is 30.3 Å². The van der Waals surface area contributed by atoms with Crippen LogP contribution in [0.3, 0.4) is 0 Å². The van der Waals surface area contributed by atoms with Gasteiger partial charge in [-0.1, -0.05) is 6.07 Å². The first kappa shape index (κ1) is 13.0. The van der Waals surface area contributed by atoms with Crippen molar-refractivity contribution in [3.8, 4) is 6.07 Å². The summed E-state index contributed by atoms with van der Waals surface area (Å²) in [7, 11) is 0. The van der Waals surface area contributed by atoms with Crippen LogP contribution in [0.5, 0.6) is 0 Å². The number of anilines is 2. The molecule has 0 aromatic heterocycles. The molecule has 2 nitrogen and oxygen atoms in total. The molecular weight excluding hydrogens is 246 g/mol. The van der Waals surface area contributed by atoms with Crippen LogP contribution in [0.1, 0.15) is 16.7 Å². The zero-order valence-electron chi connectivity index (χ0n) is 10.6. The molecule has 0 unspecified atom stereocenters. The Morgan fingerprint density at radius 3 is 2.37 bits per heavy atom. The Morgan fingerprint density at radius 1 is 1.00 bits per heavy atom. The second-order valence-corrected chi connectivity index (χ2v) is 4.32. The second kappa shape index (κ2) is 5.07. The molecule has 1 N–H and O–H groups in total. The first-order valence-corrected chi connectivity index (χ1v) is 5.75. The average molecular weight is 258 g/mol. The number of hydrogen-bond donors (Lipinski definition) is 1. The SMILES string of the molecule is Cc1ccc(Nc2ccc(C#N)c(F)c2F)cc1C. The molecule has 0 atom stereocenters. The Kier molecular flexibility index (Phi) is 3.48. The minimum absolute atomic E-state index is 0.0137. The van der Waals surface area contributed by atoms with Gasteiger partial charge < -0.3 is 5.32 Å². The van der Waals surface area contributed by atoms with E-state index >= 15 is 0 Å². The third kappa shape index (κ3) is 2.55. The summed E-state index contributed by atoms with van der Waals surface area (Å²) in [4.78, 5) is 0. The van der Waals surface area contributed by atoms with E-state index in [2.05, 4.69) is 5.32 Å². The van der Waals surface area contributed by atoms with Gasteiger partial charge in [-0.3, -0.25) is 0 Å². The highest BCUT2D eigenvalue weighted by Crippen LogP contribution is 2.25. The van der Waals surface area contributed by atoms with Gasteiger partial charge in [-0.15, -0.1) is 0 Å². The lowest BCUT2D eigenvalue weighted by molar-refractivity contribution is 0.509. The molecule has 0 aliphatic heterocycles. The summed E-state index contributed by atoms with van der Waals surface area (Å²) < 4.78 is 27.2. The fourth-order valence-corrected chi connectivity index (χ4v) is 1.71. The lowest BCUT2D eigenvalue weighted by Crippen LogP contribution is -1.99. The first-order valence-electron chi connectivity index (χ1n) is 5.75. The number of benzene rings is 2. The molecular formula is C15H12F2N2. The Balaban J connectivity index is 2.36. The van der Waals surface area contributed by atoms with E-state index in [1.165, 1.54) is 12.1 Å². The van der Waals surface area contributed by atoms with E-state index in [0.29, 0.717) is 5.69 Å². The van der Waals surface area contributed by atoms with Gasteiger partial charge in [-0.05, 0) is 49.2 Å². The van der Waals surface area contributed by atoms with E-state index in [4.69, 9.17) is 5.26 Å². The van der Waals surface area contributed by atoms with E-state index in [0.717, 1.165) is 11.1 Å². The Bertz CT molecular complexity index is 673. The molecule has 0 aliphatic rings. The van der Waals surface area contributed by atoms with Crippen LogP contribution in [0.2, 0.25) is 0 Å². The van der Waals surface area contributed by atoms with Gasteiger partial charge in [-0.2, -0.15) is 5.26 Å². The van der Waals surface area contributed by atoms with Crippen LogP contribution in [0.25, 0.3) is 0 Å². The highest BCUT2D eigenvalue weighted by Gasteiger charge is 2.13. The van der Waals surface area contributed by atoms with E-state index < -0.39 is 11.6 Å². The molecule has 19 heavy (non-hydrogen) atoms. The van der Waals surface area contributed by atoms with Gasteiger partial charge in [0.15, 0.2) is 11.6 Å². The molecule has 0 amide bonds. The maximum Gasteiger partial charge on any atom is 0.183 e. The molecule has 0 saturated heterocycles. The summed E-state index contributed by atoms with van der Waals surface area (Å²) in [6.07, 6.45) is 0. The van der Waals surface area contributed by atoms with E-state index in [1.54, 1.807) is 12.1 Å². The largest absolute Gasteiger partial charge is 0.353 e. The Hall–Kier alpha value is -2.41. The highest BCUT2D eigenvalue weighted by molar-refractivity contribution is 5.62. The highest BCUT2D eigenvalue weighted by atomic mass is 19.2. The summed E-state index contributed by atoms with van der Waals surface area (Å²) in [6, 6.07) is 9.75. The lowest BCUT2D eigenvalue weighted by atomic mass is 10.1. The van der Waals surface area contributed by atoms with Gasteiger partial charge >= 0.3 is 0 Å². The van der Waals surface area contributed by atoms with Crippen LogP contribution in [0.4, 0.5) is 20.2 Å². The van der Waals surface area contributed by atoms with Crippen molar-refractivity contribution in [2.45, 2.75) is 13.8 Å². The van der Waals surface area contributed by atoms with Crippen molar-refractivity contribution in [1.29, 1.82) is 5.26 Å². The van der Waals surface area contributed by atoms with Crippen molar-refractivity contribution in [2.75, 3.05) is 5.32 Å². The third-order valence-electron chi connectivity index (χ3n) is 2.99. The monoisotopic (exact) mass is 258 g/mol. The fraction of sp³-hybridized carbons (Fsp3) is 0.133. The molecule has 2 rings (SSSR count). The number of nitriles is 1. The maximum absolute atomic E-state index is 13.7. The van der Waals surface area contributed by atoms with Crippen molar-refractivity contribution in [3.63, 3.8) is 0 Å². The Labute approximate surface area is 110 Å². The smallest absolute Gasteiger partial charge is 0.183 e. The van der Waals surface area contributed by atoms with Gasteiger partial charge in [0.1, 0.15) is 6.07 Å². The molecule has 4 heteroatoms. The normalized spacial score (nSPS) is 10.1. The van der Waals surface area contributed by atoms with E-state index in [-0.39, 0.29) is 11.3 Å². The van der Waals surface area contributed by atoms with Crippen molar-refractivity contribution in [2.24, 2.45) is 0 Å². The van der Waals surface area contributed by atoms with Crippen LogP contribution in [-0.4, -0.2) is 0 Å². The minimum Gasteiger partial charge on any atom is -0.353 e. The average Bonchev–Trinajstić information content (AvgIpc) is 2.40. The summed E-state index contributed by atoms with van der Waals surface area (Å²) in [5.41, 5.74) is 2.56. The van der Waals surface area contributed by atoms with Crippen LogP contribution >= 0.6 is 0 Å². The fourth-order valence-electron chi connectivity index (χ4n) is 1.71. The zero-order valence-corrected chi connectivity index (χ0v) is 10.6. The van der Waals surface area contributed by atoms with Gasteiger partial charge in [0, 0.05) is 5.69 Å². The number of nitrogens with zero attached hydrogens (tertiary/aromatic N) is 1. The molecule has 96 valence electrons. The van der Waals surface area contributed by atoms with Crippen LogP contribution in [-0.2, 0) is 0 Å². The van der Waals surface area contributed by atoms with Crippen LogP contribution in [0, 0.1) is 36.8 Å². The summed E-state index contributed by atoms with van der Waals surface area (Å²) in [5, 5.41) is 11.4.